The van der Waals surface area contributed by atoms with Crippen LogP contribution in [-0.2, 0) is 0 Å². The van der Waals surface area contributed by atoms with Gasteiger partial charge < -0.3 is 0 Å². The fraction of sp³-hybridized carbons (Fsp3) is 0. The van der Waals surface area contributed by atoms with Crippen LogP contribution in [0.5, 0.6) is 0 Å². The highest BCUT2D eigenvalue weighted by Gasteiger charge is 1.87. The number of hydrogen-bond acceptors (Lipinski definition) is 0. The monoisotopic (exact) mass is 179 g/mol. The summed E-state index contributed by atoms with van der Waals surface area (Å²) in [5, 5.41) is 0.694. The zero-order valence-electron chi connectivity index (χ0n) is 3.44. The molecule has 0 bridgehead atoms. The number of hydrogen-bond donors (Lipinski definition) is 0. The first kappa shape index (κ1) is 5.19. The zero-order chi connectivity index (χ0) is 5.28. The average molecular weight is 180 g/mol. The molecule has 0 atom stereocenters. The Kier molecular flexibility index (Phi) is 1.40. The molecular formula is C4H3BrClN. The van der Waals surface area contributed by atoms with E-state index in [0.717, 1.165) is 0 Å². The SMILES string of the molecule is Clc1cccn1Br. The van der Waals surface area contributed by atoms with Crippen molar-refractivity contribution in [2.75, 3.05) is 0 Å². The summed E-state index contributed by atoms with van der Waals surface area (Å²) < 4.78 is 1.66. The quantitative estimate of drug-likeness (QED) is 0.577. The largest absolute Gasteiger partial charge is 0.274 e. The molecule has 1 nitrogen and oxygen atoms in total. The molecule has 1 aromatic rings. The predicted octanol–water partition coefficient (Wildman–Crippen LogP) is 2.30. The Bertz CT molecular complexity index is 144. The molecule has 0 spiro atoms. The van der Waals surface area contributed by atoms with Crippen molar-refractivity contribution in [2.45, 2.75) is 0 Å². The highest BCUT2D eigenvalue weighted by atomic mass is 79.9. The minimum absolute atomic E-state index is 0.694. The second-order valence-electron chi connectivity index (χ2n) is 1.14. The summed E-state index contributed by atoms with van der Waals surface area (Å²) in [6, 6.07) is 3.66. The van der Waals surface area contributed by atoms with Crippen molar-refractivity contribution in [3.63, 3.8) is 0 Å². The van der Waals surface area contributed by atoms with Gasteiger partial charge in [-0.15, -0.1) is 0 Å². The third-order valence-corrected chi connectivity index (χ3v) is 1.79. The fourth-order valence-corrected chi connectivity index (χ4v) is 0.724. The van der Waals surface area contributed by atoms with Crippen molar-refractivity contribution in [1.82, 2.24) is 3.59 Å². The predicted molar refractivity (Wildman–Crippen MR) is 33.8 cm³/mol. The van der Waals surface area contributed by atoms with Crippen molar-refractivity contribution < 1.29 is 0 Å². The van der Waals surface area contributed by atoms with Crippen LogP contribution >= 0.6 is 27.7 Å². The van der Waals surface area contributed by atoms with Gasteiger partial charge in [0, 0.05) is 6.20 Å². The molecule has 0 aliphatic carbocycles. The molecule has 0 aliphatic rings. The lowest BCUT2D eigenvalue weighted by Crippen LogP contribution is -1.68. The molecule has 0 fully saturated rings. The molecule has 1 heterocycles. The van der Waals surface area contributed by atoms with E-state index in [1.165, 1.54) is 0 Å². The Labute approximate surface area is 55.2 Å². The van der Waals surface area contributed by atoms with Gasteiger partial charge in [-0.1, -0.05) is 11.6 Å². The standard InChI is InChI=1S/C4H3BrClN/c5-7-3-1-2-4(7)6/h1-3H. The maximum atomic E-state index is 5.54. The molecule has 38 valence electrons. The van der Waals surface area contributed by atoms with Gasteiger partial charge in [-0.3, -0.25) is 3.59 Å². The summed E-state index contributed by atoms with van der Waals surface area (Å²) in [4.78, 5) is 0. The average Bonchev–Trinajstić information content (AvgIpc) is 1.91. The minimum atomic E-state index is 0.694. The van der Waals surface area contributed by atoms with Gasteiger partial charge in [0.05, 0.1) is 16.1 Å². The van der Waals surface area contributed by atoms with Gasteiger partial charge in [-0.05, 0) is 12.1 Å². The van der Waals surface area contributed by atoms with Crippen molar-refractivity contribution >= 4 is 27.7 Å². The van der Waals surface area contributed by atoms with Crippen LogP contribution < -0.4 is 0 Å². The van der Waals surface area contributed by atoms with Gasteiger partial charge in [0.15, 0.2) is 0 Å². The summed E-state index contributed by atoms with van der Waals surface area (Å²) in [5.41, 5.74) is 0. The molecule has 3 heteroatoms. The maximum absolute atomic E-state index is 5.54. The third-order valence-electron chi connectivity index (χ3n) is 0.655. The van der Waals surface area contributed by atoms with Gasteiger partial charge in [0.1, 0.15) is 5.15 Å². The van der Waals surface area contributed by atoms with E-state index in [2.05, 4.69) is 16.1 Å². The van der Waals surface area contributed by atoms with Crippen LogP contribution in [0.2, 0.25) is 5.15 Å². The topological polar surface area (TPSA) is 4.93 Å². The molecule has 0 amide bonds. The summed E-state index contributed by atoms with van der Waals surface area (Å²) >= 11 is 8.69. The van der Waals surface area contributed by atoms with Crippen LogP contribution in [0, 0.1) is 0 Å². The van der Waals surface area contributed by atoms with E-state index in [-0.39, 0.29) is 0 Å². The number of rotatable bonds is 0. The van der Waals surface area contributed by atoms with Gasteiger partial charge in [-0.2, -0.15) is 0 Å². The van der Waals surface area contributed by atoms with E-state index in [1.54, 1.807) is 9.66 Å². The second kappa shape index (κ2) is 1.88. The molecule has 1 aromatic heterocycles. The molecule has 0 aliphatic heterocycles. The number of aromatic nitrogens is 1. The molecule has 0 aromatic carbocycles. The van der Waals surface area contributed by atoms with Gasteiger partial charge in [0.2, 0.25) is 0 Å². The Morgan fingerprint density at radius 1 is 1.71 bits per heavy atom. The molecule has 7 heavy (non-hydrogen) atoms. The van der Waals surface area contributed by atoms with E-state index < -0.39 is 0 Å². The van der Waals surface area contributed by atoms with Gasteiger partial charge >= 0.3 is 0 Å². The van der Waals surface area contributed by atoms with Crippen LogP contribution in [0.3, 0.4) is 0 Å². The lowest BCUT2D eigenvalue weighted by Gasteiger charge is -1.83. The van der Waals surface area contributed by atoms with E-state index >= 15 is 0 Å². The Balaban J connectivity index is 3.12. The highest BCUT2D eigenvalue weighted by molar-refractivity contribution is 9.08. The van der Waals surface area contributed by atoms with Crippen LogP contribution in [0.15, 0.2) is 18.3 Å². The second-order valence-corrected chi connectivity index (χ2v) is 2.29. The van der Waals surface area contributed by atoms with Gasteiger partial charge in [0.25, 0.3) is 0 Å². The smallest absolute Gasteiger partial charge is 0.118 e. The first-order chi connectivity index (χ1) is 3.30. The first-order valence-corrected chi connectivity index (χ1v) is 2.88. The number of nitrogens with zero attached hydrogens (tertiary/aromatic N) is 1. The zero-order valence-corrected chi connectivity index (χ0v) is 5.78. The van der Waals surface area contributed by atoms with Crippen molar-refractivity contribution in [3.05, 3.63) is 23.5 Å². The van der Waals surface area contributed by atoms with E-state index in [4.69, 9.17) is 11.6 Å². The van der Waals surface area contributed by atoms with Crippen molar-refractivity contribution in [3.8, 4) is 0 Å². The lowest BCUT2D eigenvalue weighted by atomic mass is 10.7. The van der Waals surface area contributed by atoms with Crippen LogP contribution in [0.1, 0.15) is 0 Å². The fourth-order valence-electron chi connectivity index (χ4n) is 0.340. The normalized spacial score (nSPS) is 9.43. The summed E-state index contributed by atoms with van der Waals surface area (Å²) in [6.07, 6.45) is 1.82. The minimum Gasteiger partial charge on any atom is -0.274 e. The van der Waals surface area contributed by atoms with E-state index in [1.807, 2.05) is 12.3 Å². The molecule has 1 rings (SSSR count). The molecular weight excluding hydrogens is 177 g/mol. The highest BCUT2D eigenvalue weighted by Crippen LogP contribution is 2.10. The molecule has 0 unspecified atom stereocenters. The van der Waals surface area contributed by atoms with Crippen LogP contribution in [0.25, 0.3) is 0 Å². The molecule has 0 saturated carbocycles. The van der Waals surface area contributed by atoms with Crippen LogP contribution in [0.4, 0.5) is 0 Å². The van der Waals surface area contributed by atoms with Gasteiger partial charge in [-0.25, -0.2) is 0 Å². The molecule has 0 radical (unpaired) electrons. The summed E-state index contributed by atoms with van der Waals surface area (Å²) in [6.45, 7) is 0. The van der Waals surface area contributed by atoms with E-state index in [9.17, 15) is 0 Å². The molecule has 0 saturated heterocycles. The Hall–Kier alpha value is 0.0500. The van der Waals surface area contributed by atoms with Crippen molar-refractivity contribution in [2.24, 2.45) is 0 Å². The lowest BCUT2D eigenvalue weighted by molar-refractivity contribution is 1.33. The Morgan fingerprint density at radius 3 is 2.57 bits per heavy atom. The summed E-state index contributed by atoms with van der Waals surface area (Å²) in [7, 11) is 0. The third kappa shape index (κ3) is 0.983. The Morgan fingerprint density at radius 2 is 2.43 bits per heavy atom. The first-order valence-electron chi connectivity index (χ1n) is 1.80. The van der Waals surface area contributed by atoms with Crippen molar-refractivity contribution in [1.29, 1.82) is 0 Å². The number of halogens is 2. The van der Waals surface area contributed by atoms with Crippen LogP contribution in [-0.4, -0.2) is 3.59 Å². The van der Waals surface area contributed by atoms with E-state index in [0.29, 0.717) is 5.15 Å². The summed E-state index contributed by atoms with van der Waals surface area (Å²) in [5.74, 6) is 0. The maximum Gasteiger partial charge on any atom is 0.118 e. The molecule has 0 N–H and O–H groups in total.